The second-order valence-electron chi connectivity index (χ2n) is 3.95. The van der Waals surface area contributed by atoms with Gasteiger partial charge in [-0.15, -0.1) is 12.3 Å². The summed E-state index contributed by atoms with van der Waals surface area (Å²) in [6.45, 7) is 0.642. The van der Waals surface area contributed by atoms with Crippen molar-refractivity contribution in [3.8, 4) is 18.1 Å². The average Bonchev–Trinajstić information content (AvgIpc) is 2.31. The molecule has 0 fully saturated rings. The van der Waals surface area contributed by atoms with Crippen LogP contribution >= 0.6 is 0 Å². The molecule has 0 bridgehead atoms. The Kier molecular flexibility index (Phi) is 5.21. The van der Waals surface area contributed by atoms with Crippen LogP contribution in [0.2, 0.25) is 0 Å². The molecule has 1 aromatic rings. The lowest BCUT2D eigenvalue weighted by Crippen LogP contribution is -2.11. The first kappa shape index (κ1) is 15.3. The number of benzene rings is 1. The Morgan fingerprint density at radius 3 is 2.58 bits per heavy atom. The molecule has 19 heavy (non-hydrogen) atoms. The Morgan fingerprint density at radius 1 is 1.37 bits per heavy atom. The number of hydrogen-bond donors (Lipinski definition) is 1. The summed E-state index contributed by atoms with van der Waals surface area (Å²) in [7, 11) is -1.84. The highest BCUT2D eigenvalue weighted by Gasteiger charge is 2.19. The summed E-state index contributed by atoms with van der Waals surface area (Å²) in [6.07, 6.45) is 6.54. The molecule has 0 aliphatic heterocycles. The minimum absolute atomic E-state index is 0.135. The van der Waals surface area contributed by atoms with Crippen LogP contribution in [0.5, 0.6) is 5.75 Å². The number of terminal acetylenes is 1. The zero-order valence-corrected chi connectivity index (χ0v) is 11.8. The standard InChI is InChI=1S/C13H17NO4S/c1-4-5-10-12(19(3,15)16)7-6-11(14)13(10)18-9-8-17-2/h1,6-7H,5,8-9,14H2,2-3H3. The van der Waals surface area contributed by atoms with Gasteiger partial charge in [0.2, 0.25) is 0 Å². The highest BCUT2D eigenvalue weighted by molar-refractivity contribution is 7.90. The van der Waals surface area contributed by atoms with Gasteiger partial charge in [-0.3, -0.25) is 0 Å². The molecule has 0 unspecified atom stereocenters. The zero-order chi connectivity index (χ0) is 14.5. The number of methoxy groups -OCH3 is 1. The Balaban J connectivity index is 3.30. The van der Waals surface area contributed by atoms with E-state index in [9.17, 15) is 8.42 Å². The Hall–Kier alpha value is -1.71. The molecule has 1 rings (SSSR count). The van der Waals surface area contributed by atoms with Crippen LogP contribution in [0.15, 0.2) is 17.0 Å². The van der Waals surface area contributed by atoms with E-state index in [1.54, 1.807) is 7.11 Å². The number of nitrogen functional groups attached to an aromatic ring is 1. The van der Waals surface area contributed by atoms with E-state index in [2.05, 4.69) is 5.92 Å². The summed E-state index contributed by atoms with van der Waals surface area (Å²) < 4.78 is 33.8. The third-order valence-corrected chi connectivity index (χ3v) is 3.64. The van der Waals surface area contributed by atoms with Gasteiger partial charge < -0.3 is 15.2 Å². The highest BCUT2D eigenvalue weighted by Crippen LogP contribution is 2.32. The molecule has 0 saturated heterocycles. The third kappa shape index (κ3) is 3.88. The minimum atomic E-state index is -3.39. The molecule has 104 valence electrons. The van der Waals surface area contributed by atoms with Crippen LogP contribution in [0.4, 0.5) is 5.69 Å². The van der Waals surface area contributed by atoms with E-state index in [0.29, 0.717) is 23.6 Å². The SMILES string of the molecule is C#CCc1c(S(C)(=O)=O)ccc(N)c1OCCOC. The number of nitrogens with two attached hydrogens (primary N) is 1. The van der Waals surface area contributed by atoms with Crippen molar-refractivity contribution in [1.82, 2.24) is 0 Å². The van der Waals surface area contributed by atoms with Gasteiger partial charge in [0.15, 0.2) is 9.84 Å². The predicted octanol–water partition coefficient (Wildman–Crippen LogP) is 0.873. The van der Waals surface area contributed by atoms with E-state index in [4.69, 9.17) is 21.6 Å². The molecule has 0 spiro atoms. The van der Waals surface area contributed by atoms with Gasteiger partial charge in [-0.25, -0.2) is 8.42 Å². The van der Waals surface area contributed by atoms with Gasteiger partial charge in [-0.2, -0.15) is 0 Å². The average molecular weight is 283 g/mol. The first-order valence-electron chi connectivity index (χ1n) is 5.58. The molecule has 1 aromatic carbocycles. The van der Waals surface area contributed by atoms with Crippen LogP contribution in [0.3, 0.4) is 0 Å². The Labute approximate surface area is 113 Å². The molecule has 0 amide bonds. The molecular formula is C13H17NO4S. The fourth-order valence-corrected chi connectivity index (χ4v) is 2.57. The predicted molar refractivity (Wildman–Crippen MR) is 73.9 cm³/mol. The van der Waals surface area contributed by atoms with Crippen molar-refractivity contribution in [3.63, 3.8) is 0 Å². The maximum atomic E-state index is 11.7. The lowest BCUT2D eigenvalue weighted by Gasteiger charge is -2.15. The normalized spacial score (nSPS) is 11.0. The maximum absolute atomic E-state index is 11.7. The van der Waals surface area contributed by atoms with Gasteiger partial charge in [-0.05, 0) is 12.1 Å². The van der Waals surface area contributed by atoms with Crippen LogP contribution in [0.1, 0.15) is 5.56 Å². The molecule has 0 aliphatic rings. The molecular weight excluding hydrogens is 266 g/mol. The van der Waals surface area contributed by atoms with Crippen LogP contribution < -0.4 is 10.5 Å². The van der Waals surface area contributed by atoms with Crippen molar-refractivity contribution in [2.24, 2.45) is 0 Å². The van der Waals surface area contributed by atoms with Gasteiger partial charge in [0.05, 0.1) is 17.2 Å². The molecule has 0 radical (unpaired) electrons. The fraction of sp³-hybridized carbons (Fsp3) is 0.385. The van der Waals surface area contributed by atoms with Gasteiger partial charge in [-0.1, -0.05) is 0 Å². The number of sulfone groups is 1. The van der Waals surface area contributed by atoms with Gasteiger partial charge in [0.1, 0.15) is 12.4 Å². The second kappa shape index (κ2) is 6.45. The molecule has 5 nitrogen and oxygen atoms in total. The molecule has 2 N–H and O–H groups in total. The van der Waals surface area contributed by atoms with E-state index >= 15 is 0 Å². The van der Waals surface area contributed by atoms with Crippen molar-refractivity contribution in [2.75, 3.05) is 32.3 Å². The lowest BCUT2D eigenvalue weighted by molar-refractivity contribution is 0.146. The van der Waals surface area contributed by atoms with Crippen molar-refractivity contribution in [3.05, 3.63) is 17.7 Å². The maximum Gasteiger partial charge on any atom is 0.175 e. The fourth-order valence-electron chi connectivity index (χ4n) is 1.64. The quantitative estimate of drug-likeness (QED) is 0.476. The highest BCUT2D eigenvalue weighted by atomic mass is 32.2. The molecule has 0 atom stereocenters. The van der Waals surface area contributed by atoms with Crippen molar-refractivity contribution in [2.45, 2.75) is 11.3 Å². The van der Waals surface area contributed by atoms with Crippen LogP contribution in [-0.4, -0.2) is 35.0 Å². The first-order valence-corrected chi connectivity index (χ1v) is 7.47. The van der Waals surface area contributed by atoms with E-state index in [1.165, 1.54) is 12.1 Å². The summed E-state index contributed by atoms with van der Waals surface area (Å²) in [5.41, 5.74) is 6.59. The largest absolute Gasteiger partial charge is 0.489 e. The van der Waals surface area contributed by atoms with E-state index in [0.717, 1.165) is 6.26 Å². The first-order chi connectivity index (χ1) is 8.91. The number of rotatable bonds is 6. The molecule has 0 aliphatic carbocycles. The van der Waals surface area contributed by atoms with Gasteiger partial charge in [0.25, 0.3) is 0 Å². The summed E-state index contributed by atoms with van der Waals surface area (Å²) in [5.74, 6) is 2.74. The zero-order valence-electron chi connectivity index (χ0n) is 11.0. The van der Waals surface area contributed by atoms with E-state index in [-0.39, 0.29) is 17.9 Å². The summed E-state index contributed by atoms with van der Waals surface area (Å²) in [4.78, 5) is 0.145. The van der Waals surface area contributed by atoms with Crippen LogP contribution in [0, 0.1) is 12.3 Å². The van der Waals surface area contributed by atoms with E-state index in [1.807, 2.05) is 0 Å². The summed E-state index contributed by atoms with van der Waals surface area (Å²) in [5, 5.41) is 0. The van der Waals surface area contributed by atoms with Crippen LogP contribution in [0.25, 0.3) is 0 Å². The summed E-state index contributed by atoms with van der Waals surface area (Å²) >= 11 is 0. The number of hydrogen-bond acceptors (Lipinski definition) is 5. The number of anilines is 1. The van der Waals surface area contributed by atoms with Gasteiger partial charge in [0, 0.05) is 25.3 Å². The Bertz CT molecular complexity index is 587. The lowest BCUT2D eigenvalue weighted by atomic mass is 10.1. The smallest absolute Gasteiger partial charge is 0.175 e. The van der Waals surface area contributed by atoms with Crippen molar-refractivity contribution < 1.29 is 17.9 Å². The molecule has 0 saturated carbocycles. The molecule has 0 aromatic heterocycles. The summed E-state index contributed by atoms with van der Waals surface area (Å²) in [6, 6.07) is 2.94. The van der Waals surface area contributed by atoms with Crippen molar-refractivity contribution >= 4 is 15.5 Å². The van der Waals surface area contributed by atoms with Gasteiger partial charge >= 0.3 is 0 Å². The topological polar surface area (TPSA) is 78.6 Å². The minimum Gasteiger partial charge on any atom is -0.489 e. The third-order valence-electron chi connectivity index (χ3n) is 2.46. The van der Waals surface area contributed by atoms with Crippen molar-refractivity contribution in [1.29, 1.82) is 0 Å². The van der Waals surface area contributed by atoms with E-state index < -0.39 is 9.84 Å². The molecule has 0 heterocycles. The molecule has 6 heteroatoms. The van der Waals surface area contributed by atoms with Crippen LogP contribution in [-0.2, 0) is 21.0 Å². The second-order valence-corrected chi connectivity index (χ2v) is 5.94. The number of ether oxygens (including phenoxy) is 2. The monoisotopic (exact) mass is 283 g/mol. The Morgan fingerprint density at radius 2 is 2.05 bits per heavy atom.